The Morgan fingerprint density at radius 1 is 0.968 bits per heavy atom. The number of anilines is 2. The fourth-order valence-electron chi connectivity index (χ4n) is 8.71. The molecule has 2 aliphatic rings. The minimum Gasteiger partial charge on any atom is -0.380 e. The number of allylic oxidation sites excluding steroid dienone is 1. The minimum absolute atomic E-state index is 0.0185. The number of nitrogens with one attached hydrogen (secondary N) is 3. The summed E-state index contributed by atoms with van der Waals surface area (Å²) in [5, 5.41) is 7.69. The third kappa shape index (κ3) is 13.7. The minimum atomic E-state index is -2.76. The van der Waals surface area contributed by atoms with Gasteiger partial charge in [0.25, 0.3) is 0 Å². The van der Waals surface area contributed by atoms with E-state index >= 15 is 0 Å². The molecule has 0 spiro atoms. The maximum atomic E-state index is 13.3. The summed E-state index contributed by atoms with van der Waals surface area (Å²) in [5.74, 6) is 1.64. The average molecular weight is 897 g/mol. The molecule has 1 atom stereocenters. The first kappa shape index (κ1) is 47.5. The molecule has 332 valence electrons. The number of thioether (sulfide) groups is 1. The van der Waals surface area contributed by atoms with Crippen LogP contribution in [0.5, 0.6) is 0 Å². The largest absolute Gasteiger partial charge is 0.380 e. The van der Waals surface area contributed by atoms with E-state index < -0.39 is 9.62 Å². The Morgan fingerprint density at radius 2 is 1.68 bits per heavy atom. The highest BCUT2D eigenvalue weighted by Gasteiger charge is 2.29. The van der Waals surface area contributed by atoms with Gasteiger partial charge in [-0.15, -0.1) is 16.7 Å². The molecule has 6 rings (SSSR count). The average Bonchev–Trinajstić information content (AvgIpc) is 3.25. The lowest BCUT2D eigenvalue weighted by Gasteiger charge is -2.39. The smallest absolute Gasteiger partial charge is 0.162 e. The van der Waals surface area contributed by atoms with Crippen molar-refractivity contribution in [3.8, 4) is 0 Å². The van der Waals surface area contributed by atoms with Crippen LogP contribution in [0.4, 0.5) is 17.1 Å². The second-order valence-corrected chi connectivity index (χ2v) is 22.3. The number of nitrogens with zero attached hydrogens (tertiary/aromatic N) is 4. The van der Waals surface area contributed by atoms with E-state index in [0.717, 1.165) is 81.5 Å². The Balaban J connectivity index is 0.995. The molecule has 1 fully saturated rings. The van der Waals surface area contributed by atoms with E-state index in [4.69, 9.17) is 21.2 Å². The Labute approximate surface area is 380 Å². The van der Waals surface area contributed by atoms with Crippen molar-refractivity contribution in [2.45, 2.75) is 82.1 Å². The Morgan fingerprint density at radius 3 is 2.35 bits per heavy atom. The Kier molecular flexibility index (Phi) is 16.9. The van der Waals surface area contributed by atoms with Crippen molar-refractivity contribution in [3.05, 3.63) is 124 Å². The van der Waals surface area contributed by atoms with Gasteiger partial charge in [0.15, 0.2) is 5.78 Å². The number of ketones is 1. The lowest BCUT2D eigenvalue weighted by molar-refractivity contribution is 0.0982. The molecule has 0 radical (unpaired) electrons. The normalized spacial score (nSPS) is 16.5. The molecule has 12 heteroatoms. The van der Waals surface area contributed by atoms with Gasteiger partial charge in [-0.3, -0.25) is 19.3 Å². The molecule has 1 aliphatic heterocycles. The number of Topliss-reactive ketones (excluding diaryl/α,β-unsaturated/α-hetero) is 1. The van der Waals surface area contributed by atoms with Gasteiger partial charge in [0.05, 0.1) is 5.69 Å². The van der Waals surface area contributed by atoms with E-state index in [0.29, 0.717) is 33.9 Å². The predicted molar refractivity (Wildman–Crippen MR) is 264 cm³/mol. The zero-order chi connectivity index (χ0) is 44.3. The fourth-order valence-corrected chi connectivity index (χ4v) is 11.3. The predicted octanol–water partition coefficient (Wildman–Crippen LogP) is 12.8. The fraction of sp³-hybridized carbons (Fsp3) is 0.460. The van der Waals surface area contributed by atoms with Crippen LogP contribution in [0.2, 0.25) is 5.02 Å². The van der Waals surface area contributed by atoms with Crippen LogP contribution in [-0.4, -0.2) is 86.0 Å². The first-order valence-electron chi connectivity index (χ1n) is 22.2. The zero-order valence-electron chi connectivity index (χ0n) is 37.3. The van der Waals surface area contributed by atoms with E-state index in [-0.39, 0.29) is 29.7 Å². The van der Waals surface area contributed by atoms with Crippen molar-refractivity contribution in [2.24, 2.45) is 16.5 Å². The van der Waals surface area contributed by atoms with Crippen molar-refractivity contribution >= 4 is 61.4 Å². The number of nitroso groups, excluding NO2 is 1. The molecule has 1 aliphatic carbocycles. The van der Waals surface area contributed by atoms with Crippen LogP contribution in [0.25, 0.3) is 5.57 Å². The van der Waals surface area contributed by atoms with Crippen molar-refractivity contribution in [1.29, 1.82) is 9.56 Å². The highest BCUT2D eigenvalue weighted by molar-refractivity contribution is 7.99. The maximum Gasteiger partial charge on any atom is 0.162 e. The van der Waals surface area contributed by atoms with Crippen LogP contribution in [0.3, 0.4) is 0 Å². The number of benzene rings is 4. The zero-order valence-corrected chi connectivity index (χ0v) is 39.7. The molecule has 0 saturated carbocycles. The summed E-state index contributed by atoms with van der Waals surface area (Å²) in [6.07, 6.45) is 4.98. The third-order valence-corrected chi connectivity index (χ3v) is 15.5. The molecule has 1 saturated heterocycles. The van der Waals surface area contributed by atoms with Crippen molar-refractivity contribution in [3.63, 3.8) is 0 Å². The third-order valence-electron chi connectivity index (χ3n) is 12.1. The van der Waals surface area contributed by atoms with E-state index in [1.54, 1.807) is 35.5 Å². The summed E-state index contributed by atoms with van der Waals surface area (Å²) in [6.45, 7) is 15.9. The van der Waals surface area contributed by atoms with Crippen LogP contribution in [-0.2, 0) is 9.62 Å². The summed E-state index contributed by atoms with van der Waals surface area (Å²) in [5.41, 5.74) is 7.26. The number of piperazine rings is 1. The first-order chi connectivity index (χ1) is 29.7. The number of rotatable bonds is 21. The van der Waals surface area contributed by atoms with Gasteiger partial charge in [0.2, 0.25) is 0 Å². The van der Waals surface area contributed by atoms with Crippen molar-refractivity contribution in [2.75, 3.05) is 74.6 Å². The molecule has 0 unspecified atom stereocenters. The van der Waals surface area contributed by atoms with Crippen LogP contribution >= 0.6 is 23.4 Å². The lowest BCUT2D eigenvalue weighted by Crippen LogP contribution is -2.47. The van der Waals surface area contributed by atoms with Gasteiger partial charge in [0.1, 0.15) is 5.69 Å². The summed E-state index contributed by atoms with van der Waals surface area (Å²) in [7, 11) is -0.623. The molecular formula is C50H66ClN7O2S2. The van der Waals surface area contributed by atoms with E-state index in [1.165, 1.54) is 22.5 Å². The summed E-state index contributed by atoms with van der Waals surface area (Å²) in [4.78, 5) is 34.4. The molecule has 62 heavy (non-hydrogen) atoms. The molecule has 0 aromatic heterocycles. The Hall–Kier alpha value is -4.00. The summed E-state index contributed by atoms with van der Waals surface area (Å²) in [6, 6.07) is 31.8. The number of halogens is 1. The first-order valence-corrected chi connectivity index (χ1v) is 25.3. The quantitative estimate of drug-likeness (QED) is 0.0433. The van der Waals surface area contributed by atoms with Gasteiger partial charge >= 0.3 is 0 Å². The SMILES string of the molecule is CC(C)CN(C)CC[C@H](CSc1ccccc1)Nc1ccc(S(=N)(=N)CCCC(=O)c2ccc(N3CCN(CC4=C(c5ccc(Cl)cc5)CCC(C)(C)C4)CC3)cc2)cc1N=O. The van der Waals surface area contributed by atoms with Gasteiger partial charge < -0.3 is 15.1 Å². The second-order valence-electron chi connectivity index (χ2n) is 18.4. The topological polar surface area (TPSA) is 116 Å². The van der Waals surface area contributed by atoms with Crippen LogP contribution in [0, 0.1) is 25.8 Å². The number of carbonyl (C=O) groups excluding carboxylic acids is 1. The molecule has 0 bridgehead atoms. The standard InChI is InChI=1S/C50H66ClN7O2S2/c1-37(2)34-56(5)26-24-42(36-61-44-10-7-6-8-11-44)54-47-22-21-45(32-48(47)55-60)62(52,53)31-9-12-49(59)39-15-19-43(20-16-39)58-29-27-57(28-30-58)35-40-33-50(3,4)25-23-46(40)38-13-17-41(51)18-14-38/h6-8,10-11,13-22,32,37,42,52-54H,9,12,23-31,33-36H2,1-5H3/t42-/m1/s1. The number of hydrogen-bond acceptors (Lipinski definition) is 10. The van der Waals surface area contributed by atoms with Crippen molar-refractivity contribution in [1.82, 2.24) is 9.80 Å². The Bertz CT molecular complexity index is 2240. The van der Waals surface area contributed by atoms with Crippen LogP contribution in [0.15, 0.2) is 118 Å². The monoisotopic (exact) mass is 895 g/mol. The van der Waals surface area contributed by atoms with E-state index in [9.17, 15) is 9.70 Å². The molecule has 4 aromatic rings. The van der Waals surface area contributed by atoms with Crippen LogP contribution < -0.4 is 10.2 Å². The van der Waals surface area contributed by atoms with Crippen molar-refractivity contribution < 1.29 is 4.79 Å². The highest BCUT2D eigenvalue weighted by atomic mass is 35.5. The lowest BCUT2D eigenvalue weighted by atomic mass is 9.73. The summed E-state index contributed by atoms with van der Waals surface area (Å²) >= 11 is 7.99. The van der Waals surface area contributed by atoms with Gasteiger partial charge in [-0.2, -0.15) is 0 Å². The van der Waals surface area contributed by atoms with E-state index in [1.807, 2.05) is 42.5 Å². The highest BCUT2D eigenvalue weighted by Crippen LogP contribution is 2.43. The molecule has 4 aromatic carbocycles. The maximum absolute atomic E-state index is 13.3. The summed E-state index contributed by atoms with van der Waals surface area (Å²) < 4.78 is 18.0. The molecule has 1 heterocycles. The molecular weight excluding hydrogens is 830 g/mol. The van der Waals surface area contributed by atoms with Gasteiger partial charge in [-0.05, 0) is 150 Å². The van der Waals surface area contributed by atoms with Crippen LogP contribution in [0.1, 0.15) is 82.1 Å². The molecule has 9 nitrogen and oxygen atoms in total. The second kappa shape index (κ2) is 22.1. The number of hydrogen-bond donors (Lipinski definition) is 3. The van der Waals surface area contributed by atoms with Gasteiger partial charge in [-0.1, -0.05) is 75.2 Å². The molecule has 3 N–H and O–H groups in total. The van der Waals surface area contributed by atoms with Gasteiger partial charge in [0, 0.05) is 89.3 Å². The van der Waals surface area contributed by atoms with E-state index in [2.05, 4.69) is 96.3 Å². The van der Waals surface area contributed by atoms with Gasteiger partial charge in [-0.25, -0.2) is 0 Å². The number of carbonyl (C=O) groups is 1. The molecule has 0 amide bonds.